The first-order valence-electron chi connectivity index (χ1n) is 11.5. The molecule has 0 saturated carbocycles. The summed E-state index contributed by atoms with van der Waals surface area (Å²) in [6, 6.07) is 22.8. The van der Waals surface area contributed by atoms with Gasteiger partial charge in [-0.3, -0.25) is 0 Å². The molecule has 0 amide bonds. The molecule has 0 heterocycles. The molecule has 0 aliphatic carbocycles. The second-order valence-corrected chi connectivity index (χ2v) is 8.94. The highest BCUT2D eigenvalue weighted by molar-refractivity contribution is 6.32. The second kappa shape index (κ2) is 10.3. The van der Waals surface area contributed by atoms with Crippen molar-refractivity contribution in [2.45, 2.75) is 0 Å². The van der Waals surface area contributed by atoms with Crippen LogP contribution in [0.25, 0.3) is 21.5 Å². The van der Waals surface area contributed by atoms with E-state index in [2.05, 4.69) is 0 Å². The minimum Gasteiger partial charge on any atom is -0.478 e. The predicted octanol–water partition coefficient (Wildman–Crippen LogP) is 6.48. The summed E-state index contributed by atoms with van der Waals surface area (Å²) in [4.78, 5) is 47.7. The highest BCUT2D eigenvalue weighted by Gasteiger charge is 2.16. The molecule has 9 heteroatoms. The molecule has 0 aliphatic heterocycles. The summed E-state index contributed by atoms with van der Waals surface area (Å²) in [6.45, 7) is 0. The first kappa shape index (κ1) is 25.4. The maximum atomic E-state index is 12.7. The smallest absolute Gasteiger partial charge is 0.343 e. The molecule has 0 unspecified atom stereocenters. The molecule has 192 valence electrons. The van der Waals surface area contributed by atoms with Gasteiger partial charge in [0.1, 0.15) is 11.5 Å². The van der Waals surface area contributed by atoms with Gasteiger partial charge in [0.15, 0.2) is 0 Å². The molecule has 5 rings (SSSR count). The van der Waals surface area contributed by atoms with Crippen molar-refractivity contribution >= 4 is 57.0 Å². The number of aromatic carboxylic acids is 2. The lowest BCUT2D eigenvalue weighted by Crippen LogP contribution is -2.10. The van der Waals surface area contributed by atoms with Crippen LogP contribution in [0.2, 0.25) is 5.02 Å². The molecule has 0 radical (unpaired) electrons. The lowest BCUT2D eigenvalue weighted by atomic mass is 10.0. The summed E-state index contributed by atoms with van der Waals surface area (Å²) in [5, 5.41) is 21.0. The van der Waals surface area contributed by atoms with Gasteiger partial charge in [0.25, 0.3) is 0 Å². The Morgan fingerprint density at radius 3 is 1.36 bits per heavy atom. The number of esters is 2. The number of hydrogen-bond donors (Lipinski definition) is 2. The van der Waals surface area contributed by atoms with Gasteiger partial charge in [-0.15, -0.1) is 0 Å². The standard InChI is InChI=1S/C30H17ClO8/c31-25-15-24(38-29(36)22-7-3-16-11-20(27(32)33)5-1-18(16)13-22)9-10-26(25)39-30(37)23-8-4-17-12-21(28(34)35)6-2-19(17)14-23/h1-15H,(H,32,33)(H,34,35). The highest BCUT2D eigenvalue weighted by atomic mass is 35.5. The molecule has 5 aromatic carbocycles. The topological polar surface area (TPSA) is 127 Å². The Kier molecular flexibility index (Phi) is 6.70. The molecule has 39 heavy (non-hydrogen) atoms. The molecular formula is C30H17ClO8. The van der Waals surface area contributed by atoms with Crippen LogP contribution in [-0.2, 0) is 0 Å². The molecule has 0 aromatic heterocycles. The Morgan fingerprint density at radius 1 is 0.513 bits per heavy atom. The van der Waals surface area contributed by atoms with E-state index < -0.39 is 23.9 Å². The number of carboxylic acid groups (broad SMARTS) is 2. The summed E-state index contributed by atoms with van der Waals surface area (Å²) >= 11 is 6.28. The second-order valence-electron chi connectivity index (χ2n) is 8.53. The van der Waals surface area contributed by atoms with E-state index in [-0.39, 0.29) is 38.8 Å². The van der Waals surface area contributed by atoms with Gasteiger partial charge in [0, 0.05) is 6.07 Å². The summed E-state index contributed by atoms with van der Waals surface area (Å²) in [6.07, 6.45) is 0. The molecule has 5 aromatic rings. The first-order valence-corrected chi connectivity index (χ1v) is 11.8. The Bertz CT molecular complexity index is 1830. The van der Waals surface area contributed by atoms with Crippen molar-refractivity contribution in [1.29, 1.82) is 0 Å². The van der Waals surface area contributed by atoms with E-state index in [1.807, 2.05) is 0 Å². The first-order chi connectivity index (χ1) is 18.7. The quantitative estimate of drug-likeness (QED) is 0.185. The highest BCUT2D eigenvalue weighted by Crippen LogP contribution is 2.30. The van der Waals surface area contributed by atoms with E-state index in [9.17, 15) is 19.2 Å². The van der Waals surface area contributed by atoms with Gasteiger partial charge in [0.05, 0.1) is 27.3 Å². The van der Waals surface area contributed by atoms with Crippen LogP contribution in [0.15, 0.2) is 91.0 Å². The number of carboxylic acids is 2. The van der Waals surface area contributed by atoms with Gasteiger partial charge < -0.3 is 19.7 Å². The number of hydrogen-bond acceptors (Lipinski definition) is 6. The third kappa shape index (κ3) is 5.41. The van der Waals surface area contributed by atoms with E-state index in [1.54, 1.807) is 36.4 Å². The summed E-state index contributed by atoms with van der Waals surface area (Å²) in [7, 11) is 0. The molecule has 0 aliphatic rings. The third-order valence-electron chi connectivity index (χ3n) is 5.96. The van der Waals surface area contributed by atoms with Gasteiger partial charge >= 0.3 is 23.9 Å². The van der Waals surface area contributed by atoms with Crippen molar-refractivity contribution in [2.24, 2.45) is 0 Å². The Balaban J connectivity index is 1.29. The van der Waals surface area contributed by atoms with Crippen molar-refractivity contribution in [3.63, 3.8) is 0 Å². The normalized spacial score (nSPS) is 10.8. The van der Waals surface area contributed by atoms with Gasteiger partial charge in [-0.05, 0) is 82.2 Å². The monoisotopic (exact) mass is 540 g/mol. The van der Waals surface area contributed by atoms with Crippen LogP contribution in [0.4, 0.5) is 0 Å². The van der Waals surface area contributed by atoms with Gasteiger partial charge in [-0.2, -0.15) is 0 Å². The molecule has 2 N–H and O–H groups in total. The zero-order valence-electron chi connectivity index (χ0n) is 19.9. The minimum absolute atomic E-state index is 0.0419. The third-order valence-corrected chi connectivity index (χ3v) is 6.26. The fourth-order valence-corrected chi connectivity index (χ4v) is 4.17. The predicted molar refractivity (Wildman–Crippen MR) is 143 cm³/mol. The van der Waals surface area contributed by atoms with E-state index in [0.29, 0.717) is 21.5 Å². The van der Waals surface area contributed by atoms with E-state index in [1.165, 1.54) is 54.6 Å². The average molecular weight is 541 g/mol. The number of carbonyl (C=O) groups excluding carboxylic acids is 2. The van der Waals surface area contributed by atoms with Gasteiger partial charge in [0.2, 0.25) is 0 Å². The van der Waals surface area contributed by atoms with Crippen LogP contribution < -0.4 is 9.47 Å². The lowest BCUT2D eigenvalue weighted by molar-refractivity contribution is 0.0686. The van der Waals surface area contributed by atoms with Gasteiger partial charge in [-0.1, -0.05) is 35.9 Å². The number of carbonyl (C=O) groups is 4. The van der Waals surface area contributed by atoms with E-state index in [4.69, 9.17) is 31.3 Å². The Hall–Kier alpha value is -5.21. The molecular weight excluding hydrogens is 524 g/mol. The fourth-order valence-electron chi connectivity index (χ4n) is 3.96. The van der Waals surface area contributed by atoms with Crippen LogP contribution >= 0.6 is 11.6 Å². The van der Waals surface area contributed by atoms with Crippen LogP contribution in [-0.4, -0.2) is 34.1 Å². The maximum Gasteiger partial charge on any atom is 0.343 e. The van der Waals surface area contributed by atoms with Crippen molar-refractivity contribution in [2.75, 3.05) is 0 Å². The molecule has 0 bridgehead atoms. The Morgan fingerprint density at radius 2 is 0.923 bits per heavy atom. The van der Waals surface area contributed by atoms with E-state index >= 15 is 0 Å². The lowest BCUT2D eigenvalue weighted by Gasteiger charge is -2.10. The van der Waals surface area contributed by atoms with Crippen LogP contribution in [0.1, 0.15) is 41.4 Å². The van der Waals surface area contributed by atoms with Gasteiger partial charge in [-0.25, -0.2) is 19.2 Å². The molecule has 0 spiro atoms. The maximum absolute atomic E-state index is 12.7. The van der Waals surface area contributed by atoms with Crippen molar-refractivity contribution in [3.05, 3.63) is 118 Å². The number of benzene rings is 5. The molecule has 0 saturated heterocycles. The average Bonchev–Trinajstić information content (AvgIpc) is 2.93. The van der Waals surface area contributed by atoms with Crippen LogP contribution in [0.3, 0.4) is 0 Å². The summed E-state index contributed by atoms with van der Waals surface area (Å²) in [5.74, 6) is -3.22. The summed E-state index contributed by atoms with van der Waals surface area (Å²) in [5.41, 5.74) is 0.774. The zero-order chi connectivity index (χ0) is 27.7. The van der Waals surface area contributed by atoms with E-state index in [0.717, 1.165) is 0 Å². The zero-order valence-corrected chi connectivity index (χ0v) is 20.6. The number of fused-ring (bicyclic) bond motifs is 2. The molecule has 8 nitrogen and oxygen atoms in total. The van der Waals surface area contributed by atoms with Crippen molar-refractivity contribution in [1.82, 2.24) is 0 Å². The summed E-state index contributed by atoms with van der Waals surface area (Å²) < 4.78 is 10.8. The molecule has 0 fully saturated rings. The number of ether oxygens (including phenoxy) is 2. The van der Waals surface area contributed by atoms with Crippen molar-refractivity contribution in [3.8, 4) is 11.5 Å². The minimum atomic E-state index is -1.04. The molecule has 0 atom stereocenters. The number of rotatable bonds is 6. The van der Waals surface area contributed by atoms with Crippen LogP contribution in [0.5, 0.6) is 11.5 Å². The largest absolute Gasteiger partial charge is 0.478 e. The van der Waals surface area contributed by atoms with Crippen LogP contribution in [0, 0.1) is 0 Å². The number of halogens is 1. The SMILES string of the molecule is O=C(O)c1ccc2cc(C(=O)Oc3ccc(OC(=O)c4ccc5cc(C(=O)O)ccc5c4)c(Cl)c3)ccc2c1. The van der Waals surface area contributed by atoms with Crippen molar-refractivity contribution < 1.29 is 38.9 Å². The fraction of sp³-hybridized carbons (Fsp3) is 0. The Labute approximate surface area is 225 Å².